The van der Waals surface area contributed by atoms with Crippen molar-refractivity contribution in [3.63, 3.8) is 0 Å². The maximum atomic E-state index is 3.75. The van der Waals surface area contributed by atoms with Crippen LogP contribution in [0.2, 0.25) is 0 Å². The predicted molar refractivity (Wildman–Crippen MR) is 87.2 cm³/mol. The van der Waals surface area contributed by atoms with Crippen LogP contribution in [0.3, 0.4) is 0 Å². The summed E-state index contributed by atoms with van der Waals surface area (Å²) in [5, 5.41) is 3.75. The lowest BCUT2D eigenvalue weighted by Crippen LogP contribution is -2.46. The zero-order valence-corrected chi connectivity index (χ0v) is 13.6. The summed E-state index contributed by atoms with van der Waals surface area (Å²) in [4.78, 5) is 0. The van der Waals surface area contributed by atoms with Crippen LogP contribution in [0.1, 0.15) is 43.4 Å². The molecule has 1 N–H and O–H groups in total. The first kappa shape index (κ1) is 14.9. The van der Waals surface area contributed by atoms with Gasteiger partial charge in [-0.15, -0.1) is 0 Å². The number of rotatable bonds is 5. The van der Waals surface area contributed by atoms with Crippen molar-refractivity contribution in [1.29, 1.82) is 0 Å². The highest BCUT2D eigenvalue weighted by atomic mass is 32.2. The first-order chi connectivity index (χ1) is 9.07. The third-order valence-electron chi connectivity index (χ3n) is 4.49. The minimum absolute atomic E-state index is 0.407. The number of hydrogen-bond donors (Lipinski definition) is 1. The average Bonchev–Trinajstić information content (AvgIpc) is 2.81. The maximum absolute atomic E-state index is 3.75. The molecule has 2 rings (SSSR count). The molecule has 1 aromatic rings. The molecule has 1 saturated heterocycles. The summed E-state index contributed by atoms with van der Waals surface area (Å²) < 4.78 is 0.407. The molecule has 1 heterocycles. The molecule has 0 radical (unpaired) electrons. The van der Waals surface area contributed by atoms with Crippen LogP contribution in [0, 0.1) is 13.8 Å². The van der Waals surface area contributed by atoms with E-state index in [0.717, 1.165) is 13.0 Å². The molecule has 0 aliphatic carbocycles. The van der Waals surface area contributed by atoms with Gasteiger partial charge in [0, 0.05) is 10.8 Å². The highest BCUT2D eigenvalue weighted by Gasteiger charge is 2.37. The Morgan fingerprint density at radius 2 is 2.00 bits per heavy atom. The molecule has 19 heavy (non-hydrogen) atoms. The van der Waals surface area contributed by atoms with Gasteiger partial charge in [0.1, 0.15) is 0 Å². The molecule has 0 saturated carbocycles. The van der Waals surface area contributed by atoms with Crippen molar-refractivity contribution in [3.05, 3.63) is 34.9 Å². The predicted octanol–water partition coefficient (Wildman–Crippen LogP) is 4.11. The Morgan fingerprint density at radius 1 is 1.32 bits per heavy atom. The van der Waals surface area contributed by atoms with E-state index in [2.05, 4.69) is 63.0 Å². The van der Waals surface area contributed by atoms with Gasteiger partial charge in [-0.2, -0.15) is 11.8 Å². The van der Waals surface area contributed by atoms with Crippen molar-refractivity contribution in [3.8, 4) is 0 Å². The Kier molecular flexibility index (Phi) is 4.97. The summed E-state index contributed by atoms with van der Waals surface area (Å²) in [6, 6.07) is 7.25. The lowest BCUT2D eigenvalue weighted by atomic mass is 9.88. The summed E-state index contributed by atoms with van der Waals surface area (Å²) in [6.45, 7) is 10.2. The monoisotopic (exact) mass is 277 g/mol. The lowest BCUT2D eigenvalue weighted by Gasteiger charge is -2.35. The van der Waals surface area contributed by atoms with Gasteiger partial charge in [-0.05, 0) is 69.0 Å². The van der Waals surface area contributed by atoms with E-state index in [1.54, 1.807) is 5.56 Å². The van der Waals surface area contributed by atoms with Gasteiger partial charge in [0.15, 0.2) is 0 Å². The standard InChI is InChI=1S/C17H27NS/c1-5-18-16(17(4)10-7-11-19-17)12-15-13(2)8-6-9-14(15)3/h6,8-9,16,18H,5,7,10-12H2,1-4H3. The smallest absolute Gasteiger partial charge is 0.0288 e. The third kappa shape index (κ3) is 3.35. The Hall–Kier alpha value is -0.470. The summed E-state index contributed by atoms with van der Waals surface area (Å²) in [5.41, 5.74) is 4.42. The topological polar surface area (TPSA) is 12.0 Å². The number of benzene rings is 1. The zero-order chi connectivity index (χ0) is 13.9. The van der Waals surface area contributed by atoms with Crippen molar-refractivity contribution in [1.82, 2.24) is 5.32 Å². The van der Waals surface area contributed by atoms with Crippen LogP contribution in [0.4, 0.5) is 0 Å². The summed E-state index contributed by atoms with van der Waals surface area (Å²) in [6.07, 6.45) is 3.88. The van der Waals surface area contributed by atoms with Gasteiger partial charge in [-0.25, -0.2) is 0 Å². The van der Waals surface area contributed by atoms with Crippen LogP contribution in [-0.2, 0) is 6.42 Å². The van der Waals surface area contributed by atoms with Gasteiger partial charge in [0.05, 0.1) is 0 Å². The van der Waals surface area contributed by atoms with Gasteiger partial charge < -0.3 is 5.32 Å². The molecule has 1 aliphatic rings. The fourth-order valence-electron chi connectivity index (χ4n) is 3.20. The molecule has 1 aliphatic heterocycles. The van der Waals surface area contributed by atoms with E-state index < -0.39 is 0 Å². The minimum Gasteiger partial charge on any atom is -0.313 e. The van der Waals surface area contributed by atoms with E-state index in [0.29, 0.717) is 10.8 Å². The van der Waals surface area contributed by atoms with E-state index >= 15 is 0 Å². The molecule has 106 valence electrons. The van der Waals surface area contributed by atoms with Gasteiger partial charge in [-0.1, -0.05) is 25.1 Å². The van der Waals surface area contributed by atoms with Gasteiger partial charge >= 0.3 is 0 Å². The molecule has 0 spiro atoms. The second kappa shape index (κ2) is 6.32. The number of thioether (sulfide) groups is 1. The Labute approximate surface area is 122 Å². The molecule has 0 aromatic heterocycles. The molecule has 0 amide bonds. The quantitative estimate of drug-likeness (QED) is 0.869. The molecular weight excluding hydrogens is 250 g/mol. The Balaban J connectivity index is 2.21. The van der Waals surface area contributed by atoms with Gasteiger partial charge in [0.25, 0.3) is 0 Å². The minimum atomic E-state index is 0.407. The normalized spacial score (nSPS) is 24.6. The van der Waals surface area contributed by atoms with Crippen LogP contribution in [0.5, 0.6) is 0 Å². The van der Waals surface area contributed by atoms with Crippen molar-refractivity contribution >= 4 is 11.8 Å². The lowest BCUT2D eigenvalue weighted by molar-refractivity contribution is 0.405. The van der Waals surface area contributed by atoms with E-state index in [9.17, 15) is 0 Å². The molecule has 0 bridgehead atoms. The second-order valence-corrected chi connectivity index (χ2v) is 7.58. The van der Waals surface area contributed by atoms with E-state index in [-0.39, 0.29) is 0 Å². The summed E-state index contributed by atoms with van der Waals surface area (Å²) >= 11 is 2.16. The number of hydrogen-bond acceptors (Lipinski definition) is 2. The highest BCUT2D eigenvalue weighted by Crippen LogP contribution is 2.41. The maximum Gasteiger partial charge on any atom is 0.0288 e. The highest BCUT2D eigenvalue weighted by molar-refractivity contribution is 8.00. The SMILES string of the molecule is CCNC(Cc1c(C)cccc1C)C1(C)CCCS1. The second-order valence-electron chi connectivity index (χ2n) is 5.95. The molecule has 1 aromatic carbocycles. The van der Waals surface area contributed by atoms with Crippen molar-refractivity contribution in [2.24, 2.45) is 0 Å². The Morgan fingerprint density at radius 3 is 2.53 bits per heavy atom. The van der Waals surface area contributed by atoms with E-state index in [1.807, 2.05) is 0 Å². The average molecular weight is 277 g/mol. The summed E-state index contributed by atoms with van der Waals surface area (Å²) in [7, 11) is 0. The van der Waals surface area contributed by atoms with Crippen molar-refractivity contribution in [2.45, 2.75) is 57.7 Å². The molecule has 2 heteroatoms. The van der Waals surface area contributed by atoms with Crippen molar-refractivity contribution < 1.29 is 0 Å². The molecular formula is C17H27NS. The third-order valence-corrected chi connectivity index (χ3v) is 6.13. The van der Waals surface area contributed by atoms with Crippen LogP contribution >= 0.6 is 11.8 Å². The first-order valence-electron chi connectivity index (χ1n) is 7.49. The molecule has 1 fully saturated rings. The fourth-order valence-corrected chi connectivity index (χ4v) is 4.61. The van der Waals surface area contributed by atoms with Gasteiger partial charge in [0.2, 0.25) is 0 Å². The Bertz CT molecular complexity index is 401. The zero-order valence-electron chi connectivity index (χ0n) is 12.8. The molecule has 2 atom stereocenters. The van der Waals surface area contributed by atoms with E-state index in [1.165, 1.54) is 29.7 Å². The van der Waals surface area contributed by atoms with Crippen LogP contribution in [0.25, 0.3) is 0 Å². The van der Waals surface area contributed by atoms with Crippen LogP contribution in [-0.4, -0.2) is 23.1 Å². The summed E-state index contributed by atoms with van der Waals surface area (Å²) in [5.74, 6) is 1.32. The van der Waals surface area contributed by atoms with Crippen molar-refractivity contribution in [2.75, 3.05) is 12.3 Å². The van der Waals surface area contributed by atoms with E-state index in [4.69, 9.17) is 0 Å². The molecule has 1 nitrogen and oxygen atoms in total. The number of likely N-dealkylation sites (N-methyl/N-ethyl adjacent to an activating group) is 1. The number of aryl methyl sites for hydroxylation is 2. The number of nitrogens with one attached hydrogen (secondary N) is 1. The molecule has 2 unspecified atom stereocenters. The van der Waals surface area contributed by atoms with Crippen LogP contribution in [0.15, 0.2) is 18.2 Å². The van der Waals surface area contributed by atoms with Crippen LogP contribution < -0.4 is 5.32 Å². The van der Waals surface area contributed by atoms with Gasteiger partial charge in [-0.3, -0.25) is 0 Å². The fraction of sp³-hybridized carbons (Fsp3) is 0.647. The first-order valence-corrected chi connectivity index (χ1v) is 8.48. The largest absolute Gasteiger partial charge is 0.313 e.